The van der Waals surface area contributed by atoms with E-state index < -0.39 is 0 Å². The lowest BCUT2D eigenvalue weighted by Gasteiger charge is -2.14. The number of nitrogens with zero attached hydrogens (tertiary/aromatic N) is 1. The minimum absolute atomic E-state index is 0.136. The Kier molecular flexibility index (Phi) is 7.05. The largest absolute Gasteiger partial charge is 0.493 e. The number of ether oxygens (including phenoxy) is 3. The molecule has 7 nitrogen and oxygen atoms in total. The quantitative estimate of drug-likeness (QED) is 0.462. The summed E-state index contributed by atoms with van der Waals surface area (Å²) in [5.41, 5.74) is 1.45. The van der Waals surface area contributed by atoms with Gasteiger partial charge in [0, 0.05) is 27.9 Å². The minimum Gasteiger partial charge on any atom is -0.493 e. The van der Waals surface area contributed by atoms with E-state index in [9.17, 15) is 4.79 Å². The Hall–Kier alpha value is -2.65. The van der Waals surface area contributed by atoms with Gasteiger partial charge in [0.15, 0.2) is 17.3 Å². The van der Waals surface area contributed by atoms with Crippen LogP contribution >= 0.6 is 27.7 Å². The second kappa shape index (κ2) is 9.71. The lowest BCUT2D eigenvalue weighted by Crippen LogP contribution is -2.14. The van der Waals surface area contributed by atoms with Crippen molar-refractivity contribution in [2.24, 2.45) is 0 Å². The van der Waals surface area contributed by atoms with E-state index in [0.717, 1.165) is 10.0 Å². The van der Waals surface area contributed by atoms with E-state index in [1.807, 2.05) is 24.3 Å². The SMILES string of the molecule is COc1cc(NC(=O)CSc2ncc(-c3ccc(Br)cc3)o2)cc(OC)c1OC. The molecule has 3 rings (SSSR count). The number of aromatic nitrogens is 1. The standard InChI is InChI=1S/C20H19BrN2O5S/c1-25-15-8-14(9-16(26-2)19(15)27-3)23-18(24)11-29-20-22-10-17(28-20)12-4-6-13(21)7-5-12/h4-10H,11H2,1-3H3,(H,23,24). The molecule has 0 radical (unpaired) electrons. The zero-order valence-electron chi connectivity index (χ0n) is 16.0. The number of hydrogen-bond donors (Lipinski definition) is 1. The van der Waals surface area contributed by atoms with E-state index in [4.69, 9.17) is 18.6 Å². The number of oxazole rings is 1. The van der Waals surface area contributed by atoms with Gasteiger partial charge < -0.3 is 23.9 Å². The summed E-state index contributed by atoms with van der Waals surface area (Å²) in [5.74, 6) is 1.94. The van der Waals surface area contributed by atoms with Crippen molar-refractivity contribution in [2.75, 3.05) is 32.4 Å². The number of methoxy groups -OCH3 is 3. The zero-order chi connectivity index (χ0) is 20.8. The van der Waals surface area contributed by atoms with E-state index in [0.29, 0.717) is 33.9 Å². The molecule has 3 aromatic rings. The highest BCUT2D eigenvalue weighted by Gasteiger charge is 2.15. The monoisotopic (exact) mass is 478 g/mol. The maximum Gasteiger partial charge on any atom is 0.256 e. The molecule has 1 amide bonds. The molecule has 29 heavy (non-hydrogen) atoms. The van der Waals surface area contributed by atoms with Crippen molar-refractivity contribution in [2.45, 2.75) is 5.22 Å². The molecule has 0 spiro atoms. The molecule has 1 heterocycles. The third-order valence-corrected chi connectivity index (χ3v) is 5.26. The van der Waals surface area contributed by atoms with E-state index in [1.54, 1.807) is 18.3 Å². The van der Waals surface area contributed by atoms with Crippen LogP contribution < -0.4 is 19.5 Å². The third kappa shape index (κ3) is 5.24. The smallest absolute Gasteiger partial charge is 0.256 e. The van der Waals surface area contributed by atoms with Crippen LogP contribution in [0.2, 0.25) is 0 Å². The van der Waals surface area contributed by atoms with Gasteiger partial charge in [-0.05, 0) is 12.1 Å². The normalized spacial score (nSPS) is 10.5. The highest BCUT2D eigenvalue weighted by Crippen LogP contribution is 2.40. The molecule has 0 saturated carbocycles. The number of nitrogens with one attached hydrogen (secondary N) is 1. The molecular weight excluding hydrogens is 460 g/mol. The Morgan fingerprint density at radius 2 is 1.76 bits per heavy atom. The predicted molar refractivity (Wildman–Crippen MR) is 115 cm³/mol. The van der Waals surface area contributed by atoms with Gasteiger partial charge in [0.1, 0.15) is 0 Å². The van der Waals surface area contributed by atoms with Crippen LogP contribution in [0, 0.1) is 0 Å². The summed E-state index contributed by atoms with van der Waals surface area (Å²) >= 11 is 4.61. The van der Waals surface area contributed by atoms with Crippen LogP contribution in [0.15, 0.2) is 56.7 Å². The number of hydrogen-bond acceptors (Lipinski definition) is 7. The fraction of sp³-hybridized carbons (Fsp3) is 0.200. The molecule has 0 atom stereocenters. The molecule has 1 N–H and O–H groups in total. The number of anilines is 1. The van der Waals surface area contributed by atoms with Crippen molar-refractivity contribution in [3.63, 3.8) is 0 Å². The van der Waals surface area contributed by atoms with E-state index in [2.05, 4.69) is 26.2 Å². The molecule has 0 aliphatic rings. The van der Waals surface area contributed by atoms with Crippen LogP contribution in [0.1, 0.15) is 0 Å². The fourth-order valence-corrected chi connectivity index (χ4v) is 3.42. The first-order chi connectivity index (χ1) is 14.0. The molecule has 0 bridgehead atoms. The van der Waals surface area contributed by atoms with Crippen molar-refractivity contribution in [3.05, 3.63) is 47.1 Å². The Balaban J connectivity index is 1.62. The lowest BCUT2D eigenvalue weighted by atomic mass is 10.2. The molecule has 2 aromatic carbocycles. The van der Waals surface area contributed by atoms with Crippen LogP contribution in [0.4, 0.5) is 5.69 Å². The van der Waals surface area contributed by atoms with Gasteiger partial charge in [-0.2, -0.15) is 0 Å². The Morgan fingerprint density at radius 1 is 1.10 bits per heavy atom. The van der Waals surface area contributed by atoms with Gasteiger partial charge in [-0.3, -0.25) is 4.79 Å². The molecule has 1 aromatic heterocycles. The number of amides is 1. The summed E-state index contributed by atoms with van der Waals surface area (Å²) in [7, 11) is 4.56. The van der Waals surface area contributed by atoms with E-state index in [-0.39, 0.29) is 11.7 Å². The van der Waals surface area contributed by atoms with Crippen LogP contribution in [0.25, 0.3) is 11.3 Å². The summed E-state index contributed by atoms with van der Waals surface area (Å²) in [5, 5.41) is 3.23. The van der Waals surface area contributed by atoms with Gasteiger partial charge in [-0.15, -0.1) is 0 Å². The summed E-state index contributed by atoms with van der Waals surface area (Å²) in [4.78, 5) is 16.6. The van der Waals surface area contributed by atoms with Crippen LogP contribution in [-0.2, 0) is 4.79 Å². The van der Waals surface area contributed by atoms with E-state index >= 15 is 0 Å². The first kappa shape index (κ1) is 21.1. The van der Waals surface area contributed by atoms with Crippen molar-refractivity contribution in [3.8, 4) is 28.6 Å². The van der Waals surface area contributed by atoms with Gasteiger partial charge in [-0.25, -0.2) is 4.98 Å². The Bertz CT molecular complexity index is 966. The van der Waals surface area contributed by atoms with Crippen LogP contribution in [-0.4, -0.2) is 38.0 Å². The second-order valence-electron chi connectivity index (χ2n) is 5.75. The second-order valence-corrected chi connectivity index (χ2v) is 7.59. The maximum atomic E-state index is 12.3. The Labute approximate surface area is 180 Å². The molecule has 0 aliphatic heterocycles. The van der Waals surface area contributed by atoms with Gasteiger partial charge in [0.2, 0.25) is 11.7 Å². The molecule has 0 fully saturated rings. The number of rotatable bonds is 8. The lowest BCUT2D eigenvalue weighted by molar-refractivity contribution is -0.113. The number of carbonyl (C=O) groups is 1. The summed E-state index contributed by atoms with van der Waals surface area (Å²) in [6, 6.07) is 11.0. The minimum atomic E-state index is -0.215. The van der Waals surface area contributed by atoms with Crippen molar-refractivity contribution < 1.29 is 23.4 Å². The summed E-state index contributed by atoms with van der Waals surface area (Å²) < 4.78 is 22.6. The average molecular weight is 479 g/mol. The number of thioether (sulfide) groups is 1. The highest BCUT2D eigenvalue weighted by atomic mass is 79.9. The molecule has 9 heteroatoms. The summed E-state index contributed by atoms with van der Waals surface area (Å²) in [6.45, 7) is 0. The average Bonchev–Trinajstić information content (AvgIpc) is 3.21. The number of carbonyl (C=O) groups excluding carboxylic acids is 1. The first-order valence-electron chi connectivity index (χ1n) is 8.48. The van der Waals surface area contributed by atoms with Crippen molar-refractivity contribution in [1.82, 2.24) is 4.98 Å². The predicted octanol–water partition coefficient (Wildman–Crippen LogP) is 4.86. The van der Waals surface area contributed by atoms with E-state index in [1.165, 1.54) is 33.1 Å². The molecule has 0 aliphatic carbocycles. The van der Waals surface area contributed by atoms with Crippen molar-refractivity contribution >= 4 is 39.3 Å². The fourth-order valence-electron chi connectivity index (χ4n) is 2.55. The van der Waals surface area contributed by atoms with Gasteiger partial charge >= 0.3 is 0 Å². The van der Waals surface area contributed by atoms with Crippen LogP contribution in [0.3, 0.4) is 0 Å². The highest BCUT2D eigenvalue weighted by molar-refractivity contribution is 9.10. The summed E-state index contributed by atoms with van der Waals surface area (Å²) in [6.07, 6.45) is 1.64. The zero-order valence-corrected chi connectivity index (χ0v) is 18.4. The van der Waals surface area contributed by atoms with Gasteiger partial charge in [0.05, 0.1) is 33.3 Å². The van der Waals surface area contributed by atoms with Crippen LogP contribution in [0.5, 0.6) is 17.2 Å². The Morgan fingerprint density at radius 3 is 2.34 bits per heavy atom. The number of benzene rings is 2. The maximum absolute atomic E-state index is 12.3. The number of halogens is 1. The third-order valence-electron chi connectivity index (χ3n) is 3.89. The van der Waals surface area contributed by atoms with Gasteiger partial charge in [-0.1, -0.05) is 39.8 Å². The topological polar surface area (TPSA) is 82.8 Å². The first-order valence-corrected chi connectivity index (χ1v) is 10.3. The molecule has 0 unspecified atom stereocenters. The van der Waals surface area contributed by atoms with Crippen molar-refractivity contribution in [1.29, 1.82) is 0 Å². The van der Waals surface area contributed by atoms with Gasteiger partial charge in [0.25, 0.3) is 5.22 Å². The molecule has 0 saturated heterocycles. The molecular formula is C20H19BrN2O5S. The molecule has 152 valence electrons.